The van der Waals surface area contributed by atoms with Crippen LogP contribution in [0.3, 0.4) is 0 Å². The van der Waals surface area contributed by atoms with E-state index in [1.165, 1.54) is 43.5 Å². The Kier molecular flexibility index (Phi) is 7.01. The Hall–Kier alpha value is -1.71. The molecule has 0 radical (unpaired) electrons. The van der Waals surface area contributed by atoms with E-state index in [0.717, 1.165) is 31.0 Å². The van der Waals surface area contributed by atoms with Gasteiger partial charge in [0.15, 0.2) is 0 Å². The predicted octanol–water partition coefficient (Wildman–Crippen LogP) is 4.94. The maximum Gasteiger partial charge on any atom is 0.0578 e. The van der Waals surface area contributed by atoms with E-state index in [1.54, 1.807) is 0 Å². The first-order valence-electron chi connectivity index (χ1n) is 9.28. The third-order valence-electron chi connectivity index (χ3n) is 4.77. The van der Waals surface area contributed by atoms with Gasteiger partial charge in [-0.25, -0.2) is 0 Å². The van der Waals surface area contributed by atoms with Crippen LogP contribution in [-0.4, -0.2) is 30.4 Å². The molecule has 1 aliphatic heterocycles. The molecule has 0 aromatic heterocycles. The van der Waals surface area contributed by atoms with E-state index in [-0.39, 0.29) is 0 Å². The Morgan fingerprint density at radius 1 is 0.800 bits per heavy atom. The van der Waals surface area contributed by atoms with E-state index in [4.69, 9.17) is 11.6 Å². The molecule has 0 amide bonds. The van der Waals surface area contributed by atoms with Crippen LogP contribution in [0, 0.1) is 0 Å². The standard InChI is InChI=1S/C21H28ClN3/c22-12-13-23-20-10-4-5-11-21(20)24-16-18-8-2-3-9-19(18)17-25-14-6-1-7-15-25/h2-5,8-11,23-24H,1,6-7,12-17H2. The largest absolute Gasteiger partial charge is 0.382 e. The van der Waals surface area contributed by atoms with Gasteiger partial charge in [-0.15, -0.1) is 11.6 Å². The van der Waals surface area contributed by atoms with Gasteiger partial charge in [0.1, 0.15) is 0 Å². The number of para-hydroxylation sites is 2. The molecule has 1 heterocycles. The lowest BCUT2D eigenvalue weighted by atomic mass is 10.0. The first-order chi connectivity index (χ1) is 12.4. The number of nitrogens with one attached hydrogen (secondary N) is 2. The van der Waals surface area contributed by atoms with Crippen LogP contribution in [0.15, 0.2) is 48.5 Å². The van der Waals surface area contributed by atoms with E-state index in [2.05, 4.69) is 58.0 Å². The van der Waals surface area contributed by atoms with Gasteiger partial charge >= 0.3 is 0 Å². The van der Waals surface area contributed by atoms with Crippen LogP contribution in [-0.2, 0) is 13.1 Å². The van der Waals surface area contributed by atoms with Crippen molar-refractivity contribution in [2.24, 2.45) is 0 Å². The third-order valence-corrected chi connectivity index (χ3v) is 4.96. The first-order valence-corrected chi connectivity index (χ1v) is 9.82. The summed E-state index contributed by atoms with van der Waals surface area (Å²) in [6.07, 6.45) is 4.05. The molecule has 1 fully saturated rings. The zero-order valence-electron chi connectivity index (χ0n) is 14.8. The SMILES string of the molecule is ClCCNc1ccccc1NCc1ccccc1CN1CCCCC1. The monoisotopic (exact) mass is 357 g/mol. The highest BCUT2D eigenvalue weighted by molar-refractivity contribution is 6.18. The Labute approximate surface area is 156 Å². The van der Waals surface area contributed by atoms with Crippen molar-refractivity contribution in [3.05, 3.63) is 59.7 Å². The first kappa shape index (κ1) is 18.1. The van der Waals surface area contributed by atoms with Gasteiger partial charge in [-0.1, -0.05) is 42.8 Å². The van der Waals surface area contributed by atoms with Gasteiger partial charge in [0, 0.05) is 25.5 Å². The molecule has 0 atom stereocenters. The average molecular weight is 358 g/mol. The molecular weight excluding hydrogens is 330 g/mol. The molecule has 4 heteroatoms. The summed E-state index contributed by atoms with van der Waals surface area (Å²) in [4.78, 5) is 2.58. The lowest BCUT2D eigenvalue weighted by molar-refractivity contribution is 0.220. The number of benzene rings is 2. The second-order valence-electron chi connectivity index (χ2n) is 6.62. The molecular formula is C21H28ClN3. The number of nitrogens with zero attached hydrogens (tertiary/aromatic N) is 1. The lowest BCUT2D eigenvalue weighted by Gasteiger charge is -2.27. The van der Waals surface area contributed by atoms with Crippen LogP contribution in [0.5, 0.6) is 0 Å². The number of anilines is 2. The molecule has 0 spiro atoms. The van der Waals surface area contributed by atoms with Crippen molar-refractivity contribution >= 4 is 23.0 Å². The van der Waals surface area contributed by atoms with Gasteiger partial charge in [0.05, 0.1) is 11.4 Å². The van der Waals surface area contributed by atoms with Gasteiger partial charge in [0.2, 0.25) is 0 Å². The van der Waals surface area contributed by atoms with Crippen LogP contribution in [0.4, 0.5) is 11.4 Å². The molecule has 0 bridgehead atoms. The van der Waals surface area contributed by atoms with Crippen molar-refractivity contribution < 1.29 is 0 Å². The van der Waals surface area contributed by atoms with Gasteiger partial charge in [0.25, 0.3) is 0 Å². The highest BCUT2D eigenvalue weighted by Gasteiger charge is 2.12. The smallest absolute Gasteiger partial charge is 0.0578 e. The van der Waals surface area contributed by atoms with Crippen molar-refractivity contribution in [3.63, 3.8) is 0 Å². The molecule has 2 N–H and O–H groups in total. The second-order valence-corrected chi connectivity index (χ2v) is 7.00. The van der Waals surface area contributed by atoms with Gasteiger partial charge in [-0.2, -0.15) is 0 Å². The number of halogens is 1. The van der Waals surface area contributed by atoms with Crippen LogP contribution in [0.2, 0.25) is 0 Å². The maximum atomic E-state index is 5.80. The third kappa shape index (κ3) is 5.38. The number of likely N-dealkylation sites (tertiary alicyclic amines) is 1. The number of hydrogen-bond donors (Lipinski definition) is 2. The van der Waals surface area contributed by atoms with E-state index in [1.807, 2.05) is 6.07 Å². The zero-order valence-corrected chi connectivity index (χ0v) is 15.6. The average Bonchev–Trinajstić information content (AvgIpc) is 2.67. The van der Waals surface area contributed by atoms with Gasteiger partial charge < -0.3 is 10.6 Å². The van der Waals surface area contributed by atoms with Crippen LogP contribution < -0.4 is 10.6 Å². The summed E-state index contributed by atoms with van der Waals surface area (Å²) in [7, 11) is 0. The summed E-state index contributed by atoms with van der Waals surface area (Å²) in [6, 6.07) is 17.1. The van der Waals surface area contributed by atoms with Crippen LogP contribution in [0.1, 0.15) is 30.4 Å². The van der Waals surface area contributed by atoms with Crippen molar-refractivity contribution in [2.75, 3.05) is 36.1 Å². The minimum absolute atomic E-state index is 0.604. The summed E-state index contributed by atoms with van der Waals surface area (Å²) in [5, 5.41) is 6.97. The summed E-state index contributed by atoms with van der Waals surface area (Å²) in [5.74, 6) is 0.604. The van der Waals surface area contributed by atoms with Crippen molar-refractivity contribution in [3.8, 4) is 0 Å². The Bertz CT molecular complexity index is 653. The van der Waals surface area contributed by atoms with Crippen LogP contribution in [0.25, 0.3) is 0 Å². The summed E-state index contributed by atoms with van der Waals surface area (Å²) >= 11 is 5.80. The van der Waals surface area contributed by atoms with Gasteiger partial charge in [-0.05, 0) is 49.2 Å². The minimum atomic E-state index is 0.604. The highest BCUT2D eigenvalue weighted by atomic mass is 35.5. The molecule has 1 aliphatic rings. The Morgan fingerprint density at radius 3 is 2.16 bits per heavy atom. The maximum absolute atomic E-state index is 5.80. The number of hydrogen-bond acceptors (Lipinski definition) is 3. The summed E-state index contributed by atoms with van der Waals surface area (Å²) < 4.78 is 0. The van der Waals surface area contributed by atoms with E-state index < -0.39 is 0 Å². The highest BCUT2D eigenvalue weighted by Crippen LogP contribution is 2.23. The van der Waals surface area contributed by atoms with Crippen molar-refractivity contribution in [1.29, 1.82) is 0 Å². The fraction of sp³-hybridized carbons (Fsp3) is 0.429. The molecule has 0 unspecified atom stereocenters. The lowest BCUT2D eigenvalue weighted by Crippen LogP contribution is -2.29. The minimum Gasteiger partial charge on any atom is -0.382 e. The van der Waals surface area contributed by atoms with E-state index >= 15 is 0 Å². The molecule has 0 saturated carbocycles. The molecule has 3 nitrogen and oxygen atoms in total. The second kappa shape index (κ2) is 9.69. The molecule has 25 heavy (non-hydrogen) atoms. The number of piperidine rings is 1. The number of rotatable bonds is 8. The summed E-state index contributed by atoms with van der Waals surface area (Å²) in [6.45, 7) is 5.12. The molecule has 134 valence electrons. The molecule has 2 aromatic carbocycles. The van der Waals surface area contributed by atoms with Crippen molar-refractivity contribution in [1.82, 2.24) is 4.90 Å². The molecule has 0 aliphatic carbocycles. The van der Waals surface area contributed by atoms with Gasteiger partial charge in [-0.3, -0.25) is 4.90 Å². The topological polar surface area (TPSA) is 27.3 Å². The van der Waals surface area contributed by atoms with Crippen LogP contribution >= 0.6 is 11.6 Å². The molecule has 3 rings (SSSR count). The number of alkyl halides is 1. The molecule has 1 saturated heterocycles. The normalized spacial score (nSPS) is 15.1. The van der Waals surface area contributed by atoms with E-state index in [9.17, 15) is 0 Å². The van der Waals surface area contributed by atoms with E-state index in [0.29, 0.717) is 5.88 Å². The fourth-order valence-corrected chi connectivity index (χ4v) is 3.50. The zero-order chi connectivity index (χ0) is 17.3. The summed E-state index contributed by atoms with van der Waals surface area (Å²) in [5.41, 5.74) is 5.04. The van der Waals surface area contributed by atoms with Crippen molar-refractivity contribution in [2.45, 2.75) is 32.4 Å². The quantitative estimate of drug-likeness (QED) is 0.655. The predicted molar refractivity (Wildman–Crippen MR) is 109 cm³/mol. The Morgan fingerprint density at radius 2 is 1.44 bits per heavy atom. The fourth-order valence-electron chi connectivity index (χ4n) is 3.41. The Balaban J connectivity index is 1.65. The molecule has 2 aromatic rings.